The van der Waals surface area contributed by atoms with Gasteiger partial charge in [-0.3, -0.25) is 4.99 Å². The Morgan fingerprint density at radius 2 is 1.50 bits per heavy atom. The van der Waals surface area contributed by atoms with Crippen LogP contribution in [0.15, 0.2) is 53.5 Å². The van der Waals surface area contributed by atoms with E-state index in [1.54, 1.807) is 14.2 Å². The largest absolute Gasteiger partial charge is 0.497 e. The van der Waals surface area contributed by atoms with E-state index in [4.69, 9.17) is 19.9 Å². The van der Waals surface area contributed by atoms with Crippen LogP contribution in [0.2, 0.25) is 0 Å². The van der Waals surface area contributed by atoms with Crippen LogP contribution in [0.25, 0.3) is 0 Å². The van der Waals surface area contributed by atoms with Gasteiger partial charge >= 0.3 is 0 Å². The predicted octanol–water partition coefficient (Wildman–Crippen LogP) is 2.62. The number of guanidine groups is 1. The fourth-order valence-electron chi connectivity index (χ4n) is 2.31. The molecule has 0 unspecified atom stereocenters. The predicted molar refractivity (Wildman–Crippen MR) is 104 cm³/mol. The summed E-state index contributed by atoms with van der Waals surface area (Å²) in [5.41, 5.74) is 7.09. The lowest BCUT2D eigenvalue weighted by atomic mass is 10.1. The van der Waals surface area contributed by atoms with Crippen molar-refractivity contribution in [3.8, 4) is 17.2 Å². The summed E-state index contributed by atoms with van der Waals surface area (Å²) in [5, 5.41) is 3.12. The van der Waals surface area contributed by atoms with Crippen LogP contribution in [0.3, 0.4) is 0 Å². The van der Waals surface area contributed by atoms with Gasteiger partial charge in [-0.25, -0.2) is 0 Å². The van der Waals surface area contributed by atoms with Gasteiger partial charge < -0.3 is 25.3 Å². The van der Waals surface area contributed by atoms with E-state index in [0.717, 1.165) is 36.6 Å². The maximum Gasteiger partial charge on any atom is 0.188 e. The molecule has 140 valence electrons. The second-order valence-electron chi connectivity index (χ2n) is 5.67. The van der Waals surface area contributed by atoms with E-state index in [9.17, 15) is 0 Å². The van der Waals surface area contributed by atoms with E-state index < -0.39 is 0 Å². The Labute approximate surface area is 155 Å². The van der Waals surface area contributed by atoms with Crippen LogP contribution in [0.5, 0.6) is 17.2 Å². The van der Waals surface area contributed by atoms with Gasteiger partial charge in [0.05, 0.1) is 20.8 Å². The molecule has 6 heteroatoms. The molecule has 2 aromatic carbocycles. The molecule has 0 aliphatic heterocycles. The summed E-state index contributed by atoms with van der Waals surface area (Å²) in [7, 11) is 3.30. The number of methoxy groups -OCH3 is 2. The zero-order valence-electron chi connectivity index (χ0n) is 15.4. The molecule has 0 amide bonds. The highest BCUT2D eigenvalue weighted by molar-refractivity contribution is 5.77. The molecule has 0 radical (unpaired) electrons. The van der Waals surface area contributed by atoms with Gasteiger partial charge in [0.25, 0.3) is 0 Å². The third kappa shape index (κ3) is 6.93. The van der Waals surface area contributed by atoms with Crippen molar-refractivity contribution in [1.82, 2.24) is 5.32 Å². The van der Waals surface area contributed by atoms with E-state index >= 15 is 0 Å². The summed E-state index contributed by atoms with van der Waals surface area (Å²) in [4.78, 5) is 4.30. The molecule has 0 heterocycles. The summed E-state index contributed by atoms with van der Waals surface area (Å²) >= 11 is 0. The Kier molecular flexibility index (Phi) is 8.12. The summed E-state index contributed by atoms with van der Waals surface area (Å²) in [5.74, 6) is 2.96. The monoisotopic (exact) mass is 357 g/mol. The van der Waals surface area contributed by atoms with E-state index in [1.807, 2.05) is 48.5 Å². The van der Waals surface area contributed by atoms with Gasteiger partial charge in [0.2, 0.25) is 0 Å². The first-order valence-corrected chi connectivity index (χ1v) is 8.65. The highest BCUT2D eigenvalue weighted by Gasteiger charge is 1.97. The Bertz CT molecular complexity index is 670. The highest BCUT2D eigenvalue weighted by atomic mass is 16.5. The lowest BCUT2D eigenvalue weighted by Gasteiger charge is -2.08. The second kappa shape index (κ2) is 10.9. The first kappa shape index (κ1) is 19.4. The number of nitrogens with one attached hydrogen (secondary N) is 1. The van der Waals surface area contributed by atoms with E-state index in [2.05, 4.69) is 10.3 Å². The van der Waals surface area contributed by atoms with Crippen molar-refractivity contribution in [2.75, 3.05) is 33.9 Å². The minimum atomic E-state index is 0.461. The van der Waals surface area contributed by atoms with Crippen molar-refractivity contribution in [3.05, 3.63) is 54.1 Å². The van der Waals surface area contributed by atoms with Gasteiger partial charge in [-0.05, 0) is 48.4 Å². The Hall–Kier alpha value is -2.89. The molecule has 26 heavy (non-hydrogen) atoms. The second-order valence-corrected chi connectivity index (χ2v) is 5.67. The van der Waals surface area contributed by atoms with Gasteiger partial charge in [-0.2, -0.15) is 0 Å². The standard InChI is InChI=1S/C20H27N3O3/c1-24-17-6-4-16(5-7-17)12-14-23-20(21)22-13-3-15-26-19-10-8-18(25-2)9-11-19/h4-11H,3,12-15H2,1-2H3,(H3,21,22,23). The molecule has 0 aromatic heterocycles. The van der Waals surface area contributed by atoms with Crippen molar-refractivity contribution < 1.29 is 14.2 Å². The van der Waals surface area contributed by atoms with Crippen LogP contribution in [0.1, 0.15) is 12.0 Å². The van der Waals surface area contributed by atoms with Crippen molar-refractivity contribution in [2.24, 2.45) is 10.7 Å². The lowest BCUT2D eigenvalue weighted by Crippen LogP contribution is -2.33. The molecular formula is C20H27N3O3. The first-order valence-electron chi connectivity index (χ1n) is 8.65. The topological polar surface area (TPSA) is 78.1 Å². The number of hydrogen-bond acceptors (Lipinski definition) is 4. The van der Waals surface area contributed by atoms with E-state index in [1.165, 1.54) is 5.56 Å². The molecule has 0 aliphatic rings. The summed E-state index contributed by atoms with van der Waals surface area (Å²) in [6.45, 7) is 1.95. The smallest absolute Gasteiger partial charge is 0.188 e. The molecule has 3 N–H and O–H groups in total. The van der Waals surface area contributed by atoms with Crippen LogP contribution >= 0.6 is 0 Å². The Morgan fingerprint density at radius 3 is 2.12 bits per heavy atom. The summed E-state index contributed by atoms with van der Waals surface area (Å²) < 4.78 is 15.9. The number of hydrogen-bond donors (Lipinski definition) is 2. The molecule has 0 aliphatic carbocycles. The van der Waals surface area contributed by atoms with Crippen LogP contribution in [0.4, 0.5) is 0 Å². The number of rotatable bonds is 10. The molecule has 0 atom stereocenters. The number of benzene rings is 2. The third-order valence-corrected chi connectivity index (χ3v) is 3.79. The molecule has 2 rings (SSSR count). The van der Waals surface area contributed by atoms with Crippen molar-refractivity contribution in [1.29, 1.82) is 0 Å². The number of nitrogens with zero attached hydrogens (tertiary/aromatic N) is 1. The average Bonchev–Trinajstić information content (AvgIpc) is 2.68. The van der Waals surface area contributed by atoms with Gasteiger partial charge in [-0.15, -0.1) is 0 Å². The van der Waals surface area contributed by atoms with Crippen molar-refractivity contribution in [3.63, 3.8) is 0 Å². The zero-order valence-corrected chi connectivity index (χ0v) is 15.4. The molecule has 0 saturated heterocycles. The van der Waals surface area contributed by atoms with Crippen LogP contribution in [-0.2, 0) is 6.42 Å². The van der Waals surface area contributed by atoms with Crippen LogP contribution in [-0.4, -0.2) is 39.9 Å². The lowest BCUT2D eigenvalue weighted by molar-refractivity contribution is 0.312. The van der Waals surface area contributed by atoms with Crippen molar-refractivity contribution >= 4 is 5.96 Å². The number of aliphatic imine (C=N–C) groups is 1. The quantitative estimate of drug-likeness (QED) is 0.388. The van der Waals surface area contributed by atoms with E-state index in [-0.39, 0.29) is 0 Å². The molecule has 0 saturated carbocycles. The maximum atomic E-state index is 5.87. The summed E-state index contributed by atoms with van der Waals surface area (Å²) in [6.07, 6.45) is 1.67. The summed E-state index contributed by atoms with van der Waals surface area (Å²) in [6, 6.07) is 15.5. The molecule has 6 nitrogen and oxygen atoms in total. The van der Waals surface area contributed by atoms with Gasteiger partial charge in [0, 0.05) is 19.5 Å². The van der Waals surface area contributed by atoms with Crippen molar-refractivity contribution in [2.45, 2.75) is 12.8 Å². The molecule has 2 aromatic rings. The van der Waals surface area contributed by atoms with E-state index in [0.29, 0.717) is 19.1 Å². The van der Waals surface area contributed by atoms with Gasteiger partial charge in [0.1, 0.15) is 17.2 Å². The molecule has 0 bridgehead atoms. The number of nitrogens with two attached hydrogens (primary N) is 1. The SMILES string of the molecule is COc1ccc(CCNC(N)=NCCCOc2ccc(OC)cc2)cc1. The molecular weight excluding hydrogens is 330 g/mol. The number of ether oxygens (including phenoxy) is 3. The van der Waals surface area contributed by atoms with Gasteiger partial charge in [0.15, 0.2) is 5.96 Å². The normalized spacial score (nSPS) is 11.1. The Morgan fingerprint density at radius 1 is 0.923 bits per heavy atom. The van der Waals surface area contributed by atoms with Gasteiger partial charge in [-0.1, -0.05) is 12.1 Å². The van der Waals surface area contributed by atoms with Crippen LogP contribution < -0.4 is 25.3 Å². The minimum absolute atomic E-state index is 0.461. The zero-order chi connectivity index (χ0) is 18.6. The third-order valence-electron chi connectivity index (χ3n) is 3.79. The Balaban J connectivity index is 1.58. The van der Waals surface area contributed by atoms with Crippen LogP contribution in [0, 0.1) is 0 Å². The fourth-order valence-corrected chi connectivity index (χ4v) is 2.31. The molecule has 0 fully saturated rings. The average molecular weight is 357 g/mol. The fraction of sp³-hybridized carbons (Fsp3) is 0.350. The maximum absolute atomic E-state index is 5.87. The highest BCUT2D eigenvalue weighted by Crippen LogP contribution is 2.17. The molecule has 0 spiro atoms. The first-order chi connectivity index (χ1) is 12.7. The minimum Gasteiger partial charge on any atom is -0.497 e.